The van der Waals surface area contributed by atoms with E-state index in [1.807, 2.05) is 0 Å². The van der Waals surface area contributed by atoms with Crippen molar-refractivity contribution in [3.8, 4) is 0 Å². The quantitative estimate of drug-likeness (QED) is 0.825. The zero-order valence-electron chi connectivity index (χ0n) is 10.3. The van der Waals surface area contributed by atoms with Gasteiger partial charge in [-0.2, -0.15) is 0 Å². The van der Waals surface area contributed by atoms with Gasteiger partial charge in [-0.1, -0.05) is 39.0 Å². The Kier molecular flexibility index (Phi) is 4.53. The van der Waals surface area contributed by atoms with Gasteiger partial charge in [-0.15, -0.1) is 0 Å². The van der Waals surface area contributed by atoms with Crippen molar-refractivity contribution in [2.45, 2.75) is 46.0 Å². The Morgan fingerprint density at radius 1 is 1.38 bits per heavy atom. The molecule has 0 atom stereocenters. The summed E-state index contributed by atoms with van der Waals surface area (Å²) in [5, 5.41) is 8.73. The molecule has 1 aromatic carbocycles. The molecule has 88 valence electrons. The number of benzene rings is 1. The van der Waals surface area contributed by atoms with Crippen molar-refractivity contribution in [1.82, 2.24) is 0 Å². The van der Waals surface area contributed by atoms with Crippen molar-refractivity contribution in [3.05, 3.63) is 34.9 Å². The first-order valence-electron chi connectivity index (χ1n) is 5.88. The van der Waals surface area contributed by atoms with Gasteiger partial charge in [0.15, 0.2) is 0 Å². The molecule has 16 heavy (non-hydrogen) atoms. The van der Waals surface area contributed by atoms with E-state index in [2.05, 4.69) is 39.0 Å². The highest BCUT2D eigenvalue weighted by Gasteiger charge is 2.08. The van der Waals surface area contributed by atoms with E-state index >= 15 is 0 Å². The largest absolute Gasteiger partial charge is 0.481 e. The maximum Gasteiger partial charge on any atom is 0.303 e. The number of carboxylic acid groups (broad SMARTS) is 1. The summed E-state index contributed by atoms with van der Waals surface area (Å²) >= 11 is 0. The second-order valence-electron chi connectivity index (χ2n) is 4.44. The first-order valence-corrected chi connectivity index (χ1v) is 5.88. The third kappa shape index (κ3) is 3.37. The summed E-state index contributed by atoms with van der Waals surface area (Å²) in [5.41, 5.74) is 3.75. The molecular weight excluding hydrogens is 200 g/mol. The minimum absolute atomic E-state index is 0.215. The molecule has 1 rings (SSSR count). The molecule has 0 bridgehead atoms. The molecule has 0 amide bonds. The van der Waals surface area contributed by atoms with Gasteiger partial charge in [-0.05, 0) is 35.4 Å². The fourth-order valence-electron chi connectivity index (χ4n) is 1.90. The maximum atomic E-state index is 10.6. The molecule has 0 saturated carbocycles. The van der Waals surface area contributed by atoms with Gasteiger partial charge in [0.05, 0.1) is 0 Å². The standard InChI is InChI=1S/C14H20O2/c1-4-11-5-7-13(10(2)3)12(9-11)6-8-14(15)16/h5,7,9-10H,4,6,8H2,1-3H3,(H,15,16). The number of aliphatic carboxylic acids is 1. The predicted molar refractivity (Wildman–Crippen MR) is 65.9 cm³/mol. The van der Waals surface area contributed by atoms with Gasteiger partial charge < -0.3 is 5.11 Å². The van der Waals surface area contributed by atoms with Gasteiger partial charge in [0.1, 0.15) is 0 Å². The van der Waals surface area contributed by atoms with Crippen LogP contribution in [0.2, 0.25) is 0 Å². The van der Waals surface area contributed by atoms with E-state index in [0.717, 1.165) is 6.42 Å². The molecule has 0 unspecified atom stereocenters. The Balaban J connectivity index is 2.95. The van der Waals surface area contributed by atoms with Crippen molar-refractivity contribution >= 4 is 5.97 Å². The van der Waals surface area contributed by atoms with E-state index < -0.39 is 5.97 Å². The van der Waals surface area contributed by atoms with Crippen LogP contribution in [0.25, 0.3) is 0 Å². The Morgan fingerprint density at radius 3 is 2.56 bits per heavy atom. The summed E-state index contributed by atoms with van der Waals surface area (Å²) in [5.74, 6) is -0.272. The van der Waals surface area contributed by atoms with E-state index in [0.29, 0.717) is 12.3 Å². The average molecular weight is 220 g/mol. The van der Waals surface area contributed by atoms with Crippen LogP contribution in [0.4, 0.5) is 0 Å². The van der Waals surface area contributed by atoms with Crippen molar-refractivity contribution in [2.75, 3.05) is 0 Å². The van der Waals surface area contributed by atoms with Gasteiger partial charge in [-0.25, -0.2) is 0 Å². The minimum atomic E-state index is -0.725. The summed E-state index contributed by atoms with van der Waals surface area (Å²) in [7, 11) is 0. The van der Waals surface area contributed by atoms with Crippen LogP contribution in [0.5, 0.6) is 0 Å². The normalized spacial score (nSPS) is 10.8. The highest BCUT2D eigenvalue weighted by atomic mass is 16.4. The van der Waals surface area contributed by atoms with E-state index in [1.54, 1.807) is 0 Å². The second-order valence-corrected chi connectivity index (χ2v) is 4.44. The Morgan fingerprint density at radius 2 is 2.06 bits per heavy atom. The maximum absolute atomic E-state index is 10.6. The summed E-state index contributed by atoms with van der Waals surface area (Å²) < 4.78 is 0. The van der Waals surface area contributed by atoms with E-state index in [1.165, 1.54) is 16.7 Å². The lowest BCUT2D eigenvalue weighted by Gasteiger charge is -2.13. The number of hydrogen-bond acceptors (Lipinski definition) is 1. The number of rotatable bonds is 5. The van der Waals surface area contributed by atoms with Crippen molar-refractivity contribution < 1.29 is 9.90 Å². The van der Waals surface area contributed by atoms with Crippen molar-refractivity contribution in [1.29, 1.82) is 0 Å². The summed E-state index contributed by atoms with van der Waals surface area (Å²) in [6.45, 7) is 6.40. The molecule has 1 aromatic rings. The van der Waals surface area contributed by atoms with Gasteiger partial charge in [0.2, 0.25) is 0 Å². The zero-order chi connectivity index (χ0) is 12.1. The van der Waals surface area contributed by atoms with Gasteiger partial charge >= 0.3 is 5.97 Å². The first kappa shape index (κ1) is 12.8. The molecule has 0 aliphatic rings. The number of carboxylic acids is 1. The minimum Gasteiger partial charge on any atom is -0.481 e. The van der Waals surface area contributed by atoms with Crippen LogP contribution in [0, 0.1) is 0 Å². The topological polar surface area (TPSA) is 37.3 Å². The third-order valence-electron chi connectivity index (χ3n) is 2.85. The fraction of sp³-hybridized carbons (Fsp3) is 0.500. The second kappa shape index (κ2) is 5.69. The number of hydrogen-bond donors (Lipinski definition) is 1. The molecule has 0 aliphatic carbocycles. The fourth-order valence-corrected chi connectivity index (χ4v) is 1.90. The Hall–Kier alpha value is -1.31. The molecule has 0 heterocycles. The highest BCUT2D eigenvalue weighted by Crippen LogP contribution is 2.22. The van der Waals surface area contributed by atoms with Gasteiger partial charge in [0.25, 0.3) is 0 Å². The molecule has 0 aliphatic heterocycles. The molecule has 2 heteroatoms. The Bertz CT molecular complexity index is 367. The SMILES string of the molecule is CCc1ccc(C(C)C)c(CCC(=O)O)c1. The smallest absolute Gasteiger partial charge is 0.303 e. The predicted octanol–water partition coefficient (Wildman–Crippen LogP) is 3.39. The number of aryl methyl sites for hydroxylation is 2. The van der Waals surface area contributed by atoms with Crippen molar-refractivity contribution in [3.63, 3.8) is 0 Å². The molecule has 1 N–H and O–H groups in total. The van der Waals surface area contributed by atoms with Crippen LogP contribution in [0.1, 0.15) is 49.8 Å². The third-order valence-corrected chi connectivity index (χ3v) is 2.85. The van der Waals surface area contributed by atoms with Gasteiger partial charge in [-0.3, -0.25) is 4.79 Å². The highest BCUT2D eigenvalue weighted by molar-refractivity contribution is 5.67. The lowest BCUT2D eigenvalue weighted by atomic mass is 9.92. The van der Waals surface area contributed by atoms with Crippen LogP contribution in [0.15, 0.2) is 18.2 Å². The molecule has 0 fully saturated rings. The molecule has 0 radical (unpaired) electrons. The van der Waals surface area contributed by atoms with E-state index in [-0.39, 0.29) is 6.42 Å². The molecular formula is C14H20O2. The molecule has 0 aromatic heterocycles. The van der Waals surface area contributed by atoms with Crippen LogP contribution >= 0.6 is 0 Å². The van der Waals surface area contributed by atoms with Gasteiger partial charge in [0, 0.05) is 6.42 Å². The molecule has 2 nitrogen and oxygen atoms in total. The lowest BCUT2D eigenvalue weighted by Crippen LogP contribution is -2.02. The molecule has 0 saturated heterocycles. The lowest BCUT2D eigenvalue weighted by molar-refractivity contribution is -0.136. The number of carbonyl (C=O) groups is 1. The van der Waals surface area contributed by atoms with Crippen molar-refractivity contribution in [2.24, 2.45) is 0 Å². The Labute approximate surface area is 97.3 Å². The average Bonchev–Trinajstić information content (AvgIpc) is 2.25. The zero-order valence-corrected chi connectivity index (χ0v) is 10.3. The van der Waals surface area contributed by atoms with Crippen LogP contribution < -0.4 is 0 Å². The monoisotopic (exact) mass is 220 g/mol. The van der Waals surface area contributed by atoms with Crippen LogP contribution in [-0.2, 0) is 17.6 Å². The summed E-state index contributed by atoms with van der Waals surface area (Å²) in [4.78, 5) is 10.6. The van der Waals surface area contributed by atoms with E-state index in [4.69, 9.17) is 5.11 Å². The van der Waals surface area contributed by atoms with E-state index in [9.17, 15) is 4.79 Å². The summed E-state index contributed by atoms with van der Waals surface area (Å²) in [6.07, 6.45) is 1.85. The van der Waals surface area contributed by atoms with Crippen LogP contribution in [-0.4, -0.2) is 11.1 Å². The summed E-state index contributed by atoms with van der Waals surface area (Å²) in [6, 6.07) is 6.43. The molecule has 0 spiro atoms. The van der Waals surface area contributed by atoms with Crippen LogP contribution in [0.3, 0.4) is 0 Å². The first-order chi connectivity index (χ1) is 7.54.